The van der Waals surface area contributed by atoms with E-state index in [-0.39, 0.29) is 11.6 Å². The lowest BCUT2D eigenvalue weighted by atomic mass is 10.2. The summed E-state index contributed by atoms with van der Waals surface area (Å²) in [5, 5.41) is 6.97. The molecule has 2 aromatic heterocycles. The number of anilines is 1. The van der Waals surface area contributed by atoms with Crippen LogP contribution in [0.5, 0.6) is 11.6 Å². The Morgan fingerprint density at radius 2 is 2.00 bits per heavy atom. The van der Waals surface area contributed by atoms with Gasteiger partial charge in [0.15, 0.2) is 5.13 Å². The van der Waals surface area contributed by atoms with Gasteiger partial charge in [0.2, 0.25) is 5.76 Å². The molecule has 4 rings (SSSR count). The van der Waals surface area contributed by atoms with Gasteiger partial charge in [-0.05, 0) is 35.8 Å². The minimum absolute atomic E-state index is 0.0531. The topological polar surface area (TPSA) is 86.5 Å². The van der Waals surface area contributed by atoms with Gasteiger partial charge in [-0.25, -0.2) is 4.98 Å². The molecule has 0 radical (unpaired) electrons. The van der Waals surface area contributed by atoms with Gasteiger partial charge in [-0.2, -0.15) is 0 Å². The quantitative estimate of drug-likeness (QED) is 0.495. The van der Waals surface area contributed by atoms with Crippen LogP contribution in [0.2, 0.25) is 0 Å². The number of amides is 1. The first-order valence-corrected chi connectivity index (χ1v) is 9.51. The summed E-state index contributed by atoms with van der Waals surface area (Å²) in [4.78, 5) is 16.8. The number of nitrogens with one attached hydrogen (secondary N) is 1. The molecular weight excluding hydrogens is 378 g/mol. The lowest BCUT2D eigenvalue weighted by Crippen LogP contribution is -2.10. The lowest BCUT2D eigenvalue weighted by molar-refractivity contribution is 0.0987. The van der Waals surface area contributed by atoms with Gasteiger partial charge in [-0.15, -0.1) is 0 Å². The van der Waals surface area contributed by atoms with Gasteiger partial charge in [-0.1, -0.05) is 41.7 Å². The Bertz CT molecular complexity index is 1090. The van der Waals surface area contributed by atoms with Gasteiger partial charge in [-0.3, -0.25) is 10.1 Å². The Balaban J connectivity index is 1.41. The number of carbonyl (C=O) groups excluding carboxylic acids is 1. The number of aromatic nitrogens is 2. The fourth-order valence-electron chi connectivity index (χ4n) is 2.54. The first kappa shape index (κ1) is 18.0. The SMILES string of the molecule is CCOc1ccc2nc(NC(=O)c3cc(OCc4ccccc4)no3)sc2c1. The van der Waals surface area contributed by atoms with E-state index in [0.717, 1.165) is 21.5 Å². The van der Waals surface area contributed by atoms with Crippen molar-refractivity contribution in [2.45, 2.75) is 13.5 Å². The van der Waals surface area contributed by atoms with Gasteiger partial charge in [0.05, 0.1) is 22.9 Å². The zero-order valence-corrected chi connectivity index (χ0v) is 15.9. The third-order valence-electron chi connectivity index (χ3n) is 3.83. The van der Waals surface area contributed by atoms with Crippen molar-refractivity contribution in [3.8, 4) is 11.6 Å². The second kappa shape index (κ2) is 8.10. The van der Waals surface area contributed by atoms with Crippen LogP contribution in [0, 0.1) is 0 Å². The molecular formula is C20H17N3O4S. The number of hydrogen-bond acceptors (Lipinski definition) is 7. The highest BCUT2D eigenvalue weighted by molar-refractivity contribution is 7.22. The molecule has 0 fully saturated rings. The summed E-state index contributed by atoms with van der Waals surface area (Å²) < 4.78 is 17.0. The van der Waals surface area contributed by atoms with Gasteiger partial charge in [0.1, 0.15) is 12.4 Å². The number of rotatable bonds is 7. The van der Waals surface area contributed by atoms with Crippen molar-refractivity contribution in [2.75, 3.05) is 11.9 Å². The van der Waals surface area contributed by atoms with E-state index in [1.807, 2.05) is 55.5 Å². The fourth-order valence-corrected chi connectivity index (χ4v) is 3.43. The van der Waals surface area contributed by atoms with Gasteiger partial charge in [0.25, 0.3) is 11.8 Å². The van der Waals surface area contributed by atoms with E-state index in [1.165, 1.54) is 17.4 Å². The molecule has 4 aromatic rings. The van der Waals surface area contributed by atoms with Crippen molar-refractivity contribution >= 4 is 32.6 Å². The van der Waals surface area contributed by atoms with Gasteiger partial charge < -0.3 is 14.0 Å². The number of thiazole rings is 1. The lowest BCUT2D eigenvalue weighted by Gasteiger charge is -2.00. The zero-order chi connectivity index (χ0) is 19.3. The van der Waals surface area contributed by atoms with Crippen LogP contribution in [-0.4, -0.2) is 22.7 Å². The van der Waals surface area contributed by atoms with Crippen molar-refractivity contribution in [3.63, 3.8) is 0 Å². The number of carbonyl (C=O) groups is 1. The molecule has 142 valence electrons. The summed E-state index contributed by atoms with van der Waals surface area (Å²) in [7, 11) is 0. The number of fused-ring (bicyclic) bond motifs is 1. The van der Waals surface area contributed by atoms with Crippen LogP contribution >= 0.6 is 11.3 Å². The number of hydrogen-bond donors (Lipinski definition) is 1. The summed E-state index contributed by atoms with van der Waals surface area (Å²) >= 11 is 1.36. The predicted octanol–water partition coefficient (Wildman–Crippen LogP) is 4.51. The summed E-state index contributed by atoms with van der Waals surface area (Å²) in [6.45, 7) is 2.86. The molecule has 1 N–H and O–H groups in total. The number of ether oxygens (including phenoxy) is 2. The van der Waals surface area contributed by atoms with E-state index in [2.05, 4.69) is 15.5 Å². The van der Waals surface area contributed by atoms with Crippen LogP contribution in [-0.2, 0) is 6.61 Å². The molecule has 0 bridgehead atoms. The molecule has 0 spiro atoms. The highest BCUT2D eigenvalue weighted by Crippen LogP contribution is 2.29. The van der Waals surface area contributed by atoms with Crippen molar-refractivity contribution in [3.05, 3.63) is 65.9 Å². The first-order valence-electron chi connectivity index (χ1n) is 8.69. The second-order valence-electron chi connectivity index (χ2n) is 5.84. The zero-order valence-electron chi connectivity index (χ0n) is 15.0. The Labute approximate surface area is 164 Å². The Kier molecular flexibility index (Phi) is 5.20. The van der Waals surface area contributed by atoms with Crippen molar-refractivity contribution in [1.29, 1.82) is 0 Å². The Morgan fingerprint density at radius 1 is 1.14 bits per heavy atom. The maximum Gasteiger partial charge on any atom is 0.296 e. The number of benzene rings is 2. The molecule has 2 aromatic carbocycles. The summed E-state index contributed by atoms with van der Waals surface area (Å²) in [6, 6.07) is 16.7. The predicted molar refractivity (Wildman–Crippen MR) is 106 cm³/mol. The summed E-state index contributed by atoms with van der Waals surface area (Å²) in [5.74, 6) is 0.634. The molecule has 28 heavy (non-hydrogen) atoms. The van der Waals surface area contributed by atoms with Crippen LogP contribution < -0.4 is 14.8 Å². The first-order chi connectivity index (χ1) is 13.7. The largest absolute Gasteiger partial charge is 0.494 e. The van der Waals surface area contributed by atoms with Crippen LogP contribution in [0.3, 0.4) is 0 Å². The van der Waals surface area contributed by atoms with E-state index in [1.54, 1.807) is 0 Å². The third-order valence-corrected chi connectivity index (χ3v) is 4.77. The van der Waals surface area contributed by atoms with E-state index in [4.69, 9.17) is 14.0 Å². The Morgan fingerprint density at radius 3 is 2.82 bits per heavy atom. The molecule has 0 saturated carbocycles. The maximum absolute atomic E-state index is 12.4. The van der Waals surface area contributed by atoms with E-state index in [0.29, 0.717) is 18.3 Å². The molecule has 7 nitrogen and oxygen atoms in total. The average molecular weight is 395 g/mol. The smallest absolute Gasteiger partial charge is 0.296 e. The summed E-state index contributed by atoms with van der Waals surface area (Å²) in [6.07, 6.45) is 0. The molecule has 0 atom stereocenters. The van der Waals surface area contributed by atoms with Gasteiger partial charge in [0, 0.05) is 0 Å². The van der Waals surface area contributed by atoms with Crippen LogP contribution in [0.25, 0.3) is 10.2 Å². The van der Waals surface area contributed by atoms with Crippen molar-refractivity contribution in [2.24, 2.45) is 0 Å². The highest BCUT2D eigenvalue weighted by Gasteiger charge is 2.16. The van der Waals surface area contributed by atoms with E-state index in [9.17, 15) is 4.79 Å². The molecule has 0 aliphatic carbocycles. The van der Waals surface area contributed by atoms with E-state index < -0.39 is 5.91 Å². The maximum atomic E-state index is 12.4. The fraction of sp³-hybridized carbons (Fsp3) is 0.150. The normalized spacial score (nSPS) is 10.8. The molecule has 2 heterocycles. The molecule has 8 heteroatoms. The van der Waals surface area contributed by atoms with Crippen LogP contribution in [0.4, 0.5) is 5.13 Å². The average Bonchev–Trinajstić information content (AvgIpc) is 3.33. The number of nitrogens with zero attached hydrogens (tertiary/aromatic N) is 2. The summed E-state index contributed by atoms with van der Waals surface area (Å²) in [5.41, 5.74) is 1.78. The monoisotopic (exact) mass is 395 g/mol. The second-order valence-corrected chi connectivity index (χ2v) is 6.87. The highest BCUT2D eigenvalue weighted by atomic mass is 32.1. The van der Waals surface area contributed by atoms with Crippen LogP contribution in [0.1, 0.15) is 23.0 Å². The van der Waals surface area contributed by atoms with Crippen molar-refractivity contribution in [1.82, 2.24) is 10.1 Å². The molecule has 0 unspecified atom stereocenters. The van der Waals surface area contributed by atoms with Crippen LogP contribution in [0.15, 0.2) is 59.1 Å². The minimum Gasteiger partial charge on any atom is -0.494 e. The Hall–Kier alpha value is -3.39. The molecule has 0 saturated heterocycles. The van der Waals surface area contributed by atoms with E-state index >= 15 is 0 Å². The minimum atomic E-state index is -0.439. The standard InChI is InChI=1S/C20H17N3O4S/c1-2-25-14-8-9-15-17(10-14)28-20(21-15)22-19(24)16-11-18(23-27-16)26-12-13-6-4-3-5-7-13/h3-11H,2,12H2,1H3,(H,21,22,24). The molecule has 0 aliphatic rings. The molecule has 1 amide bonds. The van der Waals surface area contributed by atoms with Gasteiger partial charge >= 0.3 is 0 Å². The third kappa shape index (κ3) is 4.12. The van der Waals surface area contributed by atoms with Crippen molar-refractivity contribution < 1.29 is 18.8 Å². The molecule has 0 aliphatic heterocycles.